The lowest BCUT2D eigenvalue weighted by atomic mass is 10.1. The molecule has 0 bridgehead atoms. The summed E-state index contributed by atoms with van der Waals surface area (Å²) in [5, 5.41) is 4.23. The van der Waals surface area contributed by atoms with E-state index in [0.29, 0.717) is 17.0 Å². The maximum absolute atomic E-state index is 12.8. The van der Waals surface area contributed by atoms with Crippen molar-refractivity contribution in [3.63, 3.8) is 0 Å². The van der Waals surface area contributed by atoms with Crippen molar-refractivity contribution < 1.29 is 27.5 Å². The Labute approximate surface area is 154 Å². The van der Waals surface area contributed by atoms with Crippen molar-refractivity contribution in [2.24, 2.45) is 0 Å². The standard InChI is InChI=1S/C19H19F3N2O3/c1-4-27-18(26)11-24-13(3)16(12(2)23-24)8-9-17(25)14-6-5-7-15(10-14)19(20,21)22/h5-10H,4,11H2,1-3H3. The van der Waals surface area contributed by atoms with Gasteiger partial charge in [0.1, 0.15) is 6.54 Å². The molecular weight excluding hydrogens is 361 g/mol. The Balaban J connectivity index is 2.22. The zero-order chi connectivity index (χ0) is 20.2. The zero-order valence-electron chi connectivity index (χ0n) is 15.1. The fraction of sp³-hybridized carbons (Fsp3) is 0.316. The summed E-state index contributed by atoms with van der Waals surface area (Å²) in [4.78, 5) is 23.8. The van der Waals surface area contributed by atoms with E-state index in [1.54, 1.807) is 20.8 Å². The molecule has 1 aromatic carbocycles. The van der Waals surface area contributed by atoms with Crippen LogP contribution >= 0.6 is 0 Å². The highest BCUT2D eigenvalue weighted by Gasteiger charge is 2.30. The number of aryl methyl sites for hydroxylation is 1. The molecule has 8 heteroatoms. The average molecular weight is 380 g/mol. The Kier molecular flexibility index (Phi) is 6.20. The second-order valence-electron chi connectivity index (χ2n) is 5.82. The summed E-state index contributed by atoms with van der Waals surface area (Å²) in [6.45, 7) is 5.34. The molecule has 0 aliphatic rings. The highest BCUT2D eigenvalue weighted by Crippen LogP contribution is 2.29. The van der Waals surface area contributed by atoms with Crippen LogP contribution in [0.2, 0.25) is 0 Å². The smallest absolute Gasteiger partial charge is 0.416 e. The third-order valence-electron chi connectivity index (χ3n) is 3.90. The van der Waals surface area contributed by atoms with Gasteiger partial charge in [0, 0.05) is 16.8 Å². The number of carbonyl (C=O) groups is 2. The van der Waals surface area contributed by atoms with E-state index in [0.717, 1.165) is 12.1 Å². The van der Waals surface area contributed by atoms with Crippen LogP contribution in [-0.2, 0) is 22.3 Å². The summed E-state index contributed by atoms with van der Waals surface area (Å²) >= 11 is 0. The Hall–Kier alpha value is -2.90. The van der Waals surface area contributed by atoms with Crippen molar-refractivity contribution in [3.8, 4) is 0 Å². The average Bonchev–Trinajstić information content (AvgIpc) is 2.85. The lowest BCUT2D eigenvalue weighted by Crippen LogP contribution is -2.15. The Bertz CT molecular complexity index is 883. The molecule has 0 saturated carbocycles. The predicted octanol–water partition coefficient (Wildman–Crippen LogP) is 3.98. The number of benzene rings is 1. The number of ketones is 1. The van der Waals surface area contributed by atoms with Gasteiger partial charge in [-0.05, 0) is 45.1 Å². The summed E-state index contributed by atoms with van der Waals surface area (Å²) in [7, 11) is 0. The van der Waals surface area contributed by atoms with Gasteiger partial charge < -0.3 is 4.74 Å². The van der Waals surface area contributed by atoms with Crippen LogP contribution in [0.25, 0.3) is 6.08 Å². The molecule has 144 valence electrons. The molecule has 1 heterocycles. The molecule has 0 aliphatic heterocycles. The largest absolute Gasteiger partial charge is 0.465 e. The van der Waals surface area contributed by atoms with E-state index in [9.17, 15) is 22.8 Å². The Morgan fingerprint density at radius 2 is 1.96 bits per heavy atom. The van der Waals surface area contributed by atoms with Crippen LogP contribution in [0.15, 0.2) is 30.3 Å². The van der Waals surface area contributed by atoms with Crippen LogP contribution < -0.4 is 0 Å². The first-order valence-corrected chi connectivity index (χ1v) is 8.22. The number of esters is 1. The molecule has 27 heavy (non-hydrogen) atoms. The summed E-state index contributed by atoms with van der Waals surface area (Å²) in [5.74, 6) is -0.989. The lowest BCUT2D eigenvalue weighted by molar-refractivity contribution is -0.144. The van der Waals surface area contributed by atoms with Crippen molar-refractivity contribution in [1.29, 1.82) is 0 Å². The fourth-order valence-corrected chi connectivity index (χ4v) is 2.54. The normalized spacial score (nSPS) is 11.8. The van der Waals surface area contributed by atoms with Crippen molar-refractivity contribution in [1.82, 2.24) is 9.78 Å². The Morgan fingerprint density at radius 1 is 1.26 bits per heavy atom. The highest BCUT2D eigenvalue weighted by molar-refractivity contribution is 6.07. The molecule has 0 radical (unpaired) electrons. The van der Waals surface area contributed by atoms with Crippen molar-refractivity contribution in [2.45, 2.75) is 33.5 Å². The number of allylic oxidation sites excluding steroid dienone is 1. The van der Waals surface area contributed by atoms with E-state index in [1.165, 1.54) is 29.0 Å². The first kappa shape index (κ1) is 20.4. The van der Waals surface area contributed by atoms with Crippen LogP contribution in [0.5, 0.6) is 0 Å². The molecule has 0 aliphatic carbocycles. The van der Waals surface area contributed by atoms with Crippen LogP contribution in [0.4, 0.5) is 13.2 Å². The van der Waals surface area contributed by atoms with Gasteiger partial charge in [0.25, 0.3) is 0 Å². The third-order valence-corrected chi connectivity index (χ3v) is 3.90. The second-order valence-corrected chi connectivity index (χ2v) is 5.82. The number of nitrogens with zero attached hydrogens (tertiary/aromatic N) is 2. The number of ether oxygens (including phenoxy) is 1. The summed E-state index contributed by atoms with van der Waals surface area (Å²) in [5.41, 5.74) is 0.921. The van der Waals surface area contributed by atoms with Crippen LogP contribution in [-0.4, -0.2) is 28.1 Å². The third kappa shape index (κ3) is 5.06. The van der Waals surface area contributed by atoms with Crippen molar-refractivity contribution in [3.05, 3.63) is 58.4 Å². The summed E-state index contributed by atoms with van der Waals surface area (Å²) in [6, 6.07) is 4.24. The van der Waals surface area contributed by atoms with Gasteiger partial charge >= 0.3 is 12.1 Å². The summed E-state index contributed by atoms with van der Waals surface area (Å²) in [6.07, 6.45) is -1.83. The second kappa shape index (κ2) is 8.20. The highest BCUT2D eigenvalue weighted by atomic mass is 19.4. The lowest BCUT2D eigenvalue weighted by Gasteiger charge is -2.07. The molecule has 0 N–H and O–H groups in total. The molecule has 0 atom stereocenters. The predicted molar refractivity (Wildman–Crippen MR) is 93.1 cm³/mol. The van der Waals surface area contributed by atoms with Gasteiger partial charge in [-0.15, -0.1) is 0 Å². The van der Waals surface area contributed by atoms with E-state index >= 15 is 0 Å². The Morgan fingerprint density at radius 3 is 2.59 bits per heavy atom. The molecule has 1 aromatic heterocycles. The van der Waals surface area contributed by atoms with Gasteiger partial charge in [-0.25, -0.2) is 0 Å². The van der Waals surface area contributed by atoms with Crippen LogP contribution in [0.3, 0.4) is 0 Å². The number of rotatable bonds is 6. The fourth-order valence-electron chi connectivity index (χ4n) is 2.54. The molecule has 5 nitrogen and oxygen atoms in total. The molecule has 0 spiro atoms. The van der Waals surface area contributed by atoms with Gasteiger partial charge in [-0.3, -0.25) is 14.3 Å². The van der Waals surface area contributed by atoms with Crippen molar-refractivity contribution >= 4 is 17.8 Å². The number of aromatic nitrogens is 2. The van der Waals surface area contributed by atoms with Gasteiger partial charge in [0.05, 0.1) is 17.9 Å². The van der Waals surface area contributed by atoms with Gasteiger partial charge in [0.2, 0.25) is 0 Å². The number of halogens is 3. The van der Waals surface area contributed by atoms with Crippen LogP contribution in [0.1, 0.15) is 39.8 Å². The quantitative estimate of drug-likeness (QED) is 0.432. The molecule has 0 unspecified atom stereocenters. The SMILES string of the molecule is CCOC(=O)Cn1nc(C)c(C=CC(=O)c2cccc(C(F)(F)F)c2)c1C. The minimum Gasteiger partial charge on any atom is -0.465 e. The first-order chi connectivity index (χ1) is 12.6. The zero-order valence-corrected chi connectivity index (χ0v) is 15.1. The number of hydrogen-bond donors (Lipinski definition) is 0. The number of alkyl halides is 3. The van der Waals surface area contributed by atoms with E-state index in [2.05, 4.69) is 5.10 Å². The van der Waals surface area contributed by atoms with E-state index in [4.69, 9.17) is 4.74 Å². The van der Waals surface area contributed by atoms with Gasteiger partial charge in [0.15, 0.2) is 5.78 Å². The monoisotopic (exact) mass is 380 g/mol. The first-order valence-electron chi connectivity index (χ1n) is 8.22. The topological polar surface area (TPSA) is 61.2 Å². The summed E-state index contributed by atoms with van der Waals surface area (Å²) < 4.78 is 44.7. The van der Waals surface area contributed by atoms with E-state index in [1.807, 2.05) is 0 Å². The molecule has 0 fully saturated rings. The number of carbonyl (C=O) groups excluding carboxylic acids is 2. The van der Waals surface area contributed by atoms with E-state index < -0.39 is 23.5 Å². The van der Waals surface area contributed by atoms with Gasteiger partial charge in [-0.2, -0.15) is 18.3 Å². The number of hydrogen-bond acceptors (Lipinski definition) is 4. The minimum atomic E-state index is -4.51. The van der Waals surface area contributed by atoms with Crippen LogP contribution in [0, 0.1) is 13.8 Å². The molecule has 2 rings (SSSR count). The van der Waals surface area contributed by atoms with E-state index in [-0.39, 0.29) is 18.7 Å². The molecular formula is C19H19F3N2O3. The maximum atomic E-state index is 12.8. The van der Waals surface area contributed by atoms with Crippen molar-refractivity contribution in [2.75, 3.05) is 6.61 Å². The minimum absolute atomic E-state index is 0.0596. The molecule has 0 saturated heterocycles. The van der Waals surface area contributed by atoms with Gasteiger partial charge in [-0.1, -0.05) is 12.1 Å². The molecule has 0 amide bonds. The maximum Gasteiger partial charge on any atom is 0.416 e. The molecule has 2 aromatic rings.